The Morgan fingerprint density at radius 1 is 1.14 bits per heavy atom. The van der Waals surface area contributed by atoms with Gasteiger partial charge in [0.15, 0.2) is 0 Å². The van der Waals surface area contributed by atoms with Crippen LogP contribution in [-0.4, -0.2) is 69.9 Å². The number of morpholine rings is 1. The lowest BCUT2D eigenvalue weighted by atomic mass is 10.1. The predicted octanol–water partition coefficient (Wildman–Crippen LogP) is 5.69. The largest absolute Gasteiger partial charge is 0.491 e. The average Bonchev–Trinajstić information content (AvgIpc) is 3.44. The lowest BCUT2D eigenvalue weighted by molar-refractivity contribution is -0.145. The summed E-state index contributed by atoms with van der Waals surface area (Å²) in [7, 11) is 0. The molecular formula is C29H34F3N5O5S. The van der Waals surface area contributed by atoms with E-state index in [2.05, 4.69) is 20.3 Å². The van der Waals surface area contributed by atoms with Gasteiger partial charge >= 0.3 is 12.3 Å². The molecule has 1 fully saturated rings. The number of hydrogen-bond acceptors (Lipinski definition) is 9. The van der Waals surface area contributed by atoms with Gasteiger partial charge in [0.25, 0.3) is 5.91 Å². The van der Waals surface area contributed by atoms with Gasteiger partial charge in [-0.25, -0.2) is 19.7 Å². The molecule has 0 bridgehead atoms. The summed E-state index contributed by atoms with van der Waals surface area (Å²) in [6, 6.07) is 4.34. The number of nitrogens with one attached hydrogen (secondary N) is 1. The summed E-state index contributed by atoms with van der Waals surface area (Å²) < 4.78 is 55.9. The van der Waals surface area contributed by atoms with Gasteiger partial charge in [0, 0.05) is 46.7 Å². The average molecular weight is 622 g/mol. The summed E-state index contributed by atoms with van der Waals surface area (Å²) in [5, 5.41) is 3.48. The fourth-order valence-corrected chi connectivity index (χ4v) is 4.95. The SMILES string of the molecule is CCc1cnc(-c2cc(OC[C@@H]3CN(C(=O)OC(C)(C)C)CCO3)cc(C(=O)N[C@H](C)c3cnc(C(F)(F)F)nc3)c2)s1. The number of thiazole rings is 1. The number of aryl methyl sites for hydroxylation is 1. The van der Waals surface area contributed by atoms with Gasteiger partial charge in [-0.2, -0.15) is 13.2 Å². The Morgan fingerprint density at radius 2 is 1.86 bits per heavy atom. The molecule has 2 amide bonds. The monoisotopic (exact) mass is 621 g/mol. The summed E-state index contributed by atoms with van der Waals surface area (Å²) in [6.07, 6.45) is -0.844. The number of carbonyl (C=O) groups is 2. The molecule has 4 rings (SSSR count). The minimum atomic E-state index is -4.66. The third-order valence-electron chi connectivity index (χ3n) is 6.32. The fourth-order valence-electron chi connectivity index (χ4n) is 4.11. The van der Waals surface area contributed by atoms with Gasteiger partial charge < -0.3 is 24.4 Å². The van der Waals surface area contributed by atoms with Crippen LogP contribution in [0.2, 0.25) is 0 Å². The van der Waals surface area contributed by atoms with E-state index < -0.39 is 41.7 Å². The lowest BCUT2D eigenvalue weighted by Gasteiger charge is -2.34. The van der Waals surface area contributed by atoms with E-state index in [1.54, 1.807) is 57.0 Å². The molecule has 3 heterocycles. The van der Waals surface area contributed by atoms with E-state index in [0.717, 1.165) is 23.7 Å². The normalized spacial score (nSPS) is 16.5. The van der Waals surface area contributed by atoms with Gasteiger partial charge in [0.1, 0.15) is 29.1 Å². The molecule has 1 aliphatic rings. The highest BCUT2D eigenvalue weighted by Gasteiger charge is 2.34. The van der Waals surface area contributed by atoms with Crippen LogP contribution in [0, 0.1) is 0 Å². The van der Waals surface area contributed by atoms with E-state index in [4.69, 9.17) is 14.2 Å². The Labute approximate surface area is 251 Å². The molecule has 0 aliphatic carbocycles. The van der Waals surface area contributed by atoms with Crippen LogP contribution in [0.1, 0.15) is 67.3 Å². The summed E-state index contributed by atoms with van der Waals surface area (Å²) in [5.41, 5.74) is 0.618. The van der Waals surface area contributed by atoms with Crippen molar-refractivity contribution in [3.8, 4) is 16.3 Å². The molecule has 1 aromatic carbocycles. The van der Waals surface area contributed by atoms with Crippen molar-refractivity contribution >= 4 is 23.3 Å². The number of halogens is 3. The standard InChI is InChI=1S/C29H34F3N5O5S/c1-6-23-14-33-25(43-23)19-9-18(24(38)36-17(2)20-12-34-26(35-13-20)29(30,31)32)10-21(11-19)41-16-22-15-37(7-8-40-22)27(39)42-28(3,4)5/h9-14,17,22H,6-8,15-16H2,1-5H3,(H,36,38)/t17-,22+/m1/s1. The zero-order valence-electron chi connectivity index (χ0n) is 24.5. The maximum absolute atomic E-state index is 13.3. The van der Waals surface area contributed by atoms with E-state index in [-0.39, 0.29) is 18.7 Å². The Morgan fingerprint density at radius 3 is 2.49 bits per heavy atom. The van der Waals surface area contributed by atoms with Crippen molar-refractivity contribution in [1.82, 2.24) is 25.2 Å². The van der Waals surface area contributed by atoms with Crippen molar-refractivity contribution < 1.29 is 37.0 Å². The highest BCUT2D eigenvalue weighted by Crippen LogP contribution is 2.31. The number of nitrogens with zero attached hydrogens (tertiary/aromatic N) is 4. The van der Waals surface area contributed by atoms with Crippen LogP contribution in [-0.2, 0) is 22.1 Å². The third kappa shape index (κ3) is 8.86. The number of hydrogen-bond donors (Lipinski definition) is 1. The molecule has 14 heteroatoms. The number of ether oxygens (including phenoxy) is 3. The summed E-state index contributed by atoms with van der Waals surface area (Å²) in [5.74, 6) is -1.34. The smallest absolute Gasteiger partial charge is 0.451 e. The predicted molar refractivity (Wildman–Crippen MR) is 153 cm³/mol. The van der Waals surface area contributed by atoms with Gasteiger partial charge in [0.05, 0.1) is 19.2 Å². The van der Waals surface area contributed by atoms with Crippen molar-refractivity contribution in [2.24, 2.45) is 0 Å². The number of amides is 2. The minimum Gasteiger partial charge on any atom is -0.491 e. The van der Waals surface area contributed by atoms with E-state index in [0.29, 0.717) is 35.0 Å². The van der Waals surface area contributed by atoms with Gasteiger partial charge in [-0.05, 0) is 52.3 Å². The second kappa shape index (κ2) is 13.2. The minimum absolute atomic E-state index is 0.112. The Kier molecular flexibility index (Phi) is 9.90. The van der Waals surface area contributed by atoms with E-state index in [1.807, 2.05) is 6.92 Å². The molecule has 3 aromatic rings. The highest BCUT2D eigenvalue weighted by molar-refractivity contribution is 7.15. The Balaban J connectivity index is 1.50. The number of aromatic nitrogens is 3. The van der Waals surface area contributed by atoms with Crippen LogP contribution in [0.25, 0.3) is 10.6 Å². The molecule has 1 aliphatic heterocycles. The van der Waals surface area contributed by atoms with Crippen LogP contribution < -0.4 is 10.1 Å². The van der Waals surface area contributed by atoms with Crippen LogP contribution in [0.3, 0.4) is 0 Å². The first-order valence-corrected chi connectivity index (χ1v) is 14.6. The first-order chi connectivity index (χ1) is 20.2. The van der Waals surface area contributed by atoms with Crippen LogP contribution in [0.5, 0.6) is 5.75 Å². The lowest BCUT2D eigenvalue weighted by Crippen LogP contribution is -2.49. The molecule has 2 atom stereocenters. The summed E-state index contributed by atoms with van der Waals surface area (Å²) >= 11 is 1.49. The van der Waals surface area contributed by atoms with Gasteiger partial charge in [-0.15, -0.1) is 11.3 Å². The fraction of sp³-hybridized carbons (Fsp3) is 0.483. The zero-order chi connectivity index (χ0) is 31.4. The van der Waals surface area contributed by atoms with Gasteiger partial charge in [-0.1, -0.05) is 6.92 Å². The van der Waals surface area contributed by atoms with Crippen molar-refractivity contribution in [1.29, 1.82) is 0 Å². The molecule has 0 spiro atoms. The highest BCUT2D eigenvalue weighted by atomic mass is 32.1. The molecule has 1 saturated heterocycles. The number of rotatable bonds is 8. The number of alkyl halides is 3. The maximum atomic E-state index is 13.3. The summed E-state index contributed by atoms with van der Waals surface area (Å²) in [6.45, 7) is 10.2. The van der Waals surface area contributed by atoms with Gasteiger partial charge in [-0.3, -0.25) is 4.79 Å². The van der Waals surface area contributed by atoms with Crippen LogP contribution >= 0.6 is 11.3 Å². The molecule has 2 aromatic heterocycles. The molecule has 232 valence electrons. The van der Waals surface area contributed by atoms with Crippen molar-refractivity contribution in [2.45, 2.75) is 65.0 Å². The van der Waals surface area contributed by atoms with Gasteiger partial charge in [0.2, 0.25) is 5.82 Å². The third-order valence-corrected chi connectivity index (χ3v) is 7.51. The Hall–Kier alpha value is -3.78. The number of carbonyl (C=O) groups excluding carboxylic acids is 2. The van der Waals surface area contributed by atoms with E-state index in [1.165, 1.54) is 11.3 Å². The molecule has 1 N–H and O–H groups in total. The topological polar surface area (TPSA) is 116 Å². The van der Waals surface area contributed by atoms with Crippen molar-refractivity contribution in [3.05, 3.63) is 58.6 Å². The molecular weight excluding hydrogens is 587 g/mol. The molecule has 0 unspecified atom stereocenters. The first kappa shape index (κ1) is 32.1. The summed E-state index contributed by atoms with van der Waals surface area (Å²) in [4.78, 5) is 39.7. The van der Waals surface area contributed by atoms with Crippen LogP contribution in [0.15, 0.2) is 36.8 Å². The van der Waals surface area contributed by atoms with E-state index in [9.17, 15) is 22.8 Å². The zero-order valence-corrected chi connectivity index (χ0v) is 25.3. The molecule has 43 heavy (non-hydrogen) atoms. The molecule has 0 saturated carbocycles. The quantitative estimate of drug-likeness (QED) is 0.341. The van der Waals surface area contributed by atoms with Crippen LogP contribution in [0.4, 0.5) is 18.0 Å². The van der Waals surface area contributed by atoms with Crippen molar-refractivity contribution in [2.75, 3.05) is 26.3 Å². The maximum Gasteiger partial charge on any atom is 0.451 e. The second-order valence-corrected chi connectivity index (χ2v) is 12.1. The van der Waals surface area contributed by atoms with Crippen molar-refractivity contribution in [3.63, 3.8) is 0 Å². The van der Waals surface area contributed by atoms with E-state index >= 15 is 0 Å². The molecule has 0 radical (unpaired) electrons. The second-order valence-electron chi connectivity index (χ2n) is 11.0. The molecule has 10 nitrogen and oxygen atoms in total. The first-order valence-electron chi connectivity index (χ1n) is 13.7. The number of benzene rings is 1. The Bertz CT molecular complexity index is 1430.